The van der Waals surface area contributed by atoms with Gasteiger partial charge in [-0.05, 0) is 51.3 Å². The number of hydrogen-bond donors (Lipinski definition) is 1. The van der Waals surface area contributed by atoms with Crippen molar-refractivity contribution < 1.29 is 24.1 Å². The monoisotopic (exact) mass is 324 g/mol. The molecule has 0 aliphatic rings. The second-order valence-corrected chi connectivity index (χ2v) is 5.48. The van der Waals surface area contributed by atoms with Gasteiger partial charge < -0.3 is 19.3 Å². The van der Waals surface area contributed by atoms with E-state index in [4.69, 9.17) is 14.2 Å². The van der Waals surface area contributed by atoms with E-state index < -0.39 is 6.10 Å². The molecular formula is C18H28O5. The van der Waals surface area contributed by atoms with Crippen LogP contribution < -0.4 is 4.74 Å². The Morgan fingerprint density at radius 3 is 2.52 bits per heavy atom. The first-order valence-electron chi connectivity index (χ1n) is 8.19. The first kappa shape index (κ1) is 19.5. The van der Waals surface area contributed by atoms with Crippen LogP contribution in [-0.4, -0.2) is 43.1 Å². The average Bonchev–Trinajstić information content (AvgIpc) is 2.49. The van der Waals surface area contributed by atoms with Crippen LogP contribution in [-0.2, 0) is 27.1 Å². The number of carbonyl (C=O) groups is 1. The van der Waals surface area contributed by atoms with Crippen molar-refractivity contribution in [2.75, 3.05) is 19.8 Å². The second-order valence-electron chi connectivity index (χ2n) is 5.48. The maximum atomic E-state index is 12.1. The number of ether oxygens (including phenoxy) is 3. The zero-order valence-corrected chi connectivity index (χ0v) is 14.5. The van der Waals surface area contributed by atoms with E-state index in [0.717, 1.165) is 16.9 Å². The Balaban J connectivity index is 2.93. The van der Waals surface area contributed by atoms with Crippen molar-refractivity contribution in [2.45, 2.75) is 52.7 Å². The molecule has 0 saturated carbocycles. The van der Waals surface area contributed by atoms with E-state index in [1.807, 2.05) is 39.0 Å². The van der Waals surface area contributed by atoms with E-state index in [1.165, 1.54) is 0 Å². The Hall–Kier alpha value is -1.59. The second kappa shape index (κ2) is 10.2. The number of rotatable bonds is 10. The SMILES string of the molecule is CCOC(=O)C(Cc1ccc(OCC)c(CCO)c1)OC(C)C. The molecular weight excluding hydrogens is 296 g/mol. The summed E-state index contributed by atoms with van der Waals surface area (Å²) in [6.07, 6.45) is 0.249. The molecule has 1 aromatic carbocycles. The average molecular weight is 324 g/mol. The van der Waals surface area contributed by atoms with Crippen LogP contribution in [0.3, 0.4) is 0 Å². The van der Waals surface area contributed by atoms with Gasteiger partial charge in [0.25, 0.3) is 0 Å². The van der Waals surface area contributed by atoms with E-state index in [-0.39, 0.29) is 18.7 Å². The number of aliphatic hydroxyl groups excluding tert-OH is 1. The fraction of sp³-hybridized carbons (Fsp3) is 0.611. The molecule has 1 unspecified atom stereocenters. The lowest BCUT2D eigenvalue weighted by Crippen LogP contribution is -2.31. The first-order chi connectivity index (χ1) is 11.0. The molecule has 23 heavy (non-hydrogen) atoms. The van der Waals surface area contributed by atoms with Gasteiger partial charge in [0.15, 0.2) is 6.10 Å². The largest absolute Gasteiger partial charge is 0.494 e. The third-order valence-corrected chi connectivity index (χ3v) is 3.21. The lowest BCUT2D eigenvalue weighted by molar-refractivity contribution is -0.159. The fourth-order valence-electron chi connectivity index (χ4n) is 2.34. The summed E-state index contributed by atoms with van der Waals surface area (Å²) in [6.45, 7) is 8.43. The normalized spacial score (nSPS) is 12.3. The summed E-state index contributed by atoms with van der Waals surface area (Å²) in [5, 5.41) is 9.21. The van der Waals surface area contributed by atoms with Crippen LogP contribution >= 0.6 is 0 Å². The molecule has 0 radical (unpaired) electrons. The lowest BCUT2D eigenvalue weighted by atomic mass is 10.0. The molecule has 5 heteroatoms. The summed E-state index contributed by atoms with van der Waals surface area (Å²) < 4.78 is 16.3. The van der Waals surface area contributed by atoms with E-state index in [0.29, 0.717) is 26.1 Å². The molecule has 0 saturated heterocycles. The molecule has 1 rings (SSSR count). The Morgan fingerprint density at radius 1 is 1.22 bits per heavy atom. The predicted molar refractivity (Wildman–Crippen MR) is 88.7 cm³/mol. The van der Waals surface area contributed by atoms with Crippen molar-refractivity contribution in [3.05, 3.63) is 29.3 Å². The molecule has 1 atom stereocenters. The number of carbonyl (C=O) groups excluding carboxylic acids is 1. The molecule has 0 bridgehead atoms. The van der Waals surface area contributed by atoms with Crippen LogP contribution in [0.4, 0.5) is 0 Å². The van der Waals surface area contributed by atoms with Gasteiger partial charge in [0.1, 0.15) is 5.75 Å². The summed E-state index contributed by atoms with van der Waals surface area (Å²) in [5.74, 6) is 0.418. The molecule has 0 fully saturated rings. The molecule has 1 aromatic rings. The number of aliphatic hydroxyl groups is 1. The van der Waals surface area contributed by atoms with Gasteiger partial charge >= 0.3 is 5.97 Å². The molecule has 0 aromatic heterocycles. The minimum atomic E-state index is -0.630. The molecule has 5 nitrogen and oxygen atoms in total. The van der Waals surface area contributed by atoms with Crippen LogP contribution in [0.25, 0.3) is 0 Å². The lowest BCUT2D eigenvalue weighted by Gasteiger charge is -2.20. The number of benzene rings is 1. The van der Waals surface area contributed by atoms with Crippen LogP contribution in [0.15, 0.2) is 18.2 Å². The Bertz CT molecular complexity index is 484. The minimum Gasteiger partial charge on any atom is -0.494 e. The highest BCUT2D eigenvalue weighted by atomic mass is 16.6. The van der Waals surface area contributed by atoms with Gasteiger partial charge in [-0.2, -0.15) is 0 Å². The number of esters is 1. The molecule has 0 aliphatic carbocycles. The van der Waals surface area contributed by atoms with Crippen molar-refractivity contribution in [2.24, 2.45) is 0 Å². The Morgan fingerprint density at radius 2 is 1.96 bits per heavy atom. The van der Waals surface area contributed by atoms with Gasteiger partial charge in [0, 0.05) is 13.0 Å². The van der Waals surface area contributed by atoms with Gasteiger partial charge in [0.05, 0.1) is 19.3 Å². The molecule has 0 heterocycles. The number of hydrogen-bond acceptors (Lipinski definition) is 5. The highest BCUT2D eigenvalue weighted by Crippen LogP contribution is 2.22. The highest BCUT2D eigenvalue weighted by Gasteiger charge is 2.22. The van der Waals surface area contributed by atoms with Crippen LogP contribution in [0.2, 0.25) is 0 Å². The minimum absolute atomic E-state index is 0.0489. The van der Waals surface area contributed by atoms with Crippen LogP contribution in [0, 0.1) is 0 Å². The molecule has 0 aliphatic heterocycles. The topological polar surface area (TPSA) is 65.0 Å². The van der Waals surface area contributed by atoms with Crippen molar-refractivity contribution in [1.29, 1.82) is 0 Å². The Kier molecular flexibility index (Phi) is 8.66. The Labute approximate surface area is 138 Å². The third-order valence-electron chi connectivity index (χ3n) is 3.21. The summed E-state index contributed by atoms with van der Waals surface area (Å²) in [7, 11) is 0. The van der Waals surface area contributed by atoms with Crippen molar-refractivity contribution in [1.82, 2.24) is 0 Å². The zero-order valence-electron chi connectivity index (χ0n) is 14.5. The fourth-order valence-corrected chi connectivity index (χ4v) is 2.34. The molecule has 130 valence electrons. The highest BCUT2D eigenvalue weighted by molar-refractivity contribution is 5.75. The molecule has 1 N–H and O–H groups in total. The molecule has 0 spiro atoms. The van der Waals surface area contributed by atoms with Crippen LogP contribution in [0.5, 0.6) is 5.75 Å². The van der Waals surface area contributed by atoms with Crippen molar-refractivity contribution in [3.8, 4) is 5.75 Å². The smallest absolute Gasteiger partial charge is 0.335 e. The third kappa shape index (κ3) is 6.59. The predicted octanol–water partition coefficient (Wildman–Crippen LogP) is 2.52. The van der Waals surface area contributed by atoms with Gasteiger partial charge in [0.2, 0.25) is 0 Å². The maximum absolute atomic E-state index is 12.1. The van der Waals surface area contributed by atoms with Crippen molar-refractivity contribution >= 4 is 5.97 Å². The quantitative estimate of drug-likeness (QED) is 0.670. The van der Waals surface area contributed by atoms with Crippen molar-refractivity contribution in [3.63, 3.8) is 0 Å². The standard InChI is InChI=1S/C18H28O5/c1-5-21-16-8-7-14(11-15(16)9-10-19)12-17(23-13(3)4)18(20)22-6-2/h7-8,11,13,17,19H,5-6,9-10,12H2,1-4H3. The van der Waals surface area contributed by atoms with E-state index >= 15 is 0 Å². The van der Waals surface area contributed by atoms with Crippen LogP contribution in [0.1, 0.15) is 38.8 Å². The summed E-state index contributed by atoms with van der Waals surface area (Å²) >= 11 is 0. The van der Waals surface area contributed by atoms with E-state index in [2.05, 4.69) is 0 Å². The summed E-state index contributed by atoms with van der Waals surface area (Å²) in [5.41, 5.74) is 1.88. The van der Waals surface area contributed by atoms with Gasteiger partial charge in [-0.3, -0.25) is 0 Å². The van der Waals surface area contributed by atoms with E-state index in [9.17, 15) is 9.90 Å². The van der Waals surface area contributed by atoms with Gasteiger partial charge in [-0.1, -0.05) is 12.1 Å². The maximum Gasteiger partial charge on any atom is 0.335 e. The summed E-state index contributed by atoms with van der Waals surface area (Å²) in [6, 6.07) is 5.75. The van der Waals surface area contributed by atoms with Gasteiger partial charge in [-0.25, -0.2) is 4.79 Å². The molecule has 0 amide bonds. The zero-order chi connectivity index (χ0) is 17.2. The van der Waals surface area contributed by atoms with E-state index in [1.54, 1.807) is 6.92 Å². The van der Waals surface area contributed by atoms with Gasteiger partial charge in [-0.15, -0.1) is 0 Å². The summed E-state index contributed by atoms with van der Waals surface area (Å²) in [4.78, 5) is 12.1. The first-order valence-corrected chi connectivity index (χ1v) is 8.19.